The quantitative estimate of drug-likeness (QED) is 0.698. The Morgan fingerprint density at radius 3 is 2.57 bits per heavy atom. The highest BCUT2D eigenvalue weighted by molar-refractivity contribution is 7.80. The summed E-state index contributed by atoms with van der Waals surface area (Å²) in [6.45, 7) is 6.22. The van der Waals surface area contributed by atoms with E-state index in [9.17, 15) is 0 Å². The van der Waals surface area contributed by atoms with Crippen LogP contribution in [0.1, 0.15) is 26.5 Å². The van der Waals surface area contributed by atoms with Crippen LogP contribution in [-0.4, -0.2) is 17.1 Å². The zero-order chi connectivity index (χ0) is 10.8. The number of nitrogens with one attached hydrogen (secondary N) is 2. The molecule has 0 aliphatic heterocycles. The van der Waals surface area contributed by atoms with Crippen molar-refractivity contribution in [3.63, 3.8) is 0 Å². The van der Waals surface area contributed by atoms with Crippen LogP contribution in [-0.2, 0) is 5.41 Å². The molecule has 14 heavy (non-hydrogen) atoms. The van der Waals surface area contributed by atoms with Gasteiger partial charge in [-0.05, 0) is 12.2 Å². The van der Waals surface area contributed by atoms with Gasteiger partial charge in [-0.3, -0.25) is 5.32 Å². The SMILES string of the molecule is CNC(=S)Nc1nc(C(C)(C)C)co1. The second kappa shape index (κ2) is 3.96. The number of aromatic nitrogens is 1. The van der Waals surface area contributed by atoms with Crippen LogP contribution in [0.2, 0.25) is 0 Å². The molecule has 0 saturated carbocycles. The minimum atomic E-state index is -0.00923. The van der Waals surface area contributed by atoms with Crippen LogP contribution in [0.25, 0.3) is 0 Å². The molecular weight excluding hydrogens is 198 g/mol. The van der Waals surface area contributed by atoms with Gasteiger partial charge in [0.1, 0.15) is 6.26 Å². The van der Waals surface area contributed by atoms with Crippen LogP contribution in [0.4, 0.5) is 6.01 Å². The normalized spacial score (nSPS) is 11.1. The van der Waals surface area contributed by atoms with E-state index in [1.807, 2.05) is 0 Å². The Hall–Kier alpha value is -1.10. The molecule has 0 aliphatic carbocycles. The molecular formula is C9H15N3OS. The Morgan fingerprint density at radius 2 is 2.14 bits per heavy atom. The van der Waals surface area contributed by atoms with Crippen LogP contribution < -0.4 is 10.6 Å². The van der Waals surface area contributed by atoms with Crippen LogP contribution in [0.15, 0.2) is 10.7 Å². The molecule has 0 bridgehead atoms. The first-order valence-corrected chi connectivity index (χ1v) is 4.79. The summed E-state index contributed by atoms with van der Waals surface area (Å²) in [4.78, 5) is 4.26. The second-order valence-corrected chi connectivity index (χ2v) is 4.40. The summed E-state index contributed by atoms with van der Waals surface area (Å²) in [5, 5.41) is 6.10. The lowest BCUT2D eigenvalue weighted by molar-refractivity contribution is 0.545. The highest BCUT2D eigenvalue weighted by Gasteiger charge is 2.18. The van der Waals surface area contributed by atoms with Crippen molar-refractivity contribution < 1.29 is 4.42 Å². The molecule has 0 radical (unpaired) electrons. The molecule has 1 rings (SSSR count). The zero-order valence-corrected chi connectivity index (χ0v) is 9.66. The van der Waals surface area contributed by atoms with Crippen molar-refractivity contribution in [3.05, 3.63) is 12.0 Å². The first-order valence-electron chi connectivity index (χ1n) is 4.38. The summed E-state index contributed by atoms with van der Waals surface area (Å²) >= 11 is 4.92. The smallest absolute Gasteiger partial charge is 0.301 e. The molecule has 0 atom stereocenters. The first kappa shape index (κ1) is 11.0. The molecule has 0 spiro atoms. The molecule has 4 nitrogen and oxygen atoms in total. The molecule has 2 N–H and O–H groups in total. The molecule has 0 saturated heterocycles. The molecule has 0 aliphatic rings. The van der Waals surface area contributed by atoms with Crippen LogP contribution in [0, 0.1) is 0 Å². The van der Waals surface area contributed by atoms with E-state index in [1.165, 1.54) is 0 Å². The molecule has 1 aromatic rings. The average molecular weight is 213 g/mol. The van der Waals surface area contributed by atoms with Gasteiger partial charge in [0.25, 0.3) is 0 Å². The van der Waals surface area contributed by atoms with Gasteiger partial charge in [0, 0.05) is 12.5 Å². The van der Waals surface area contributed by atoms with Crippen molar-refractivity contribution >= 4 is 23.3 Å². The van der Waals surface area contributed by atoms with E-state index in [0.29, 0.717) is 11.1 Å². The van der Waals surface area contributed by atoms with E-state index in [1.54, 1.807) is 13.3 Å². The third-order valence-electron chi connectivity index (χ3n) is 1.72. The maximum absolute atomic E-state index is 5.21. The van der Waals surface area contributed by atoms with Crippen molar-refractivity contribution in [3.8, 4) is 0 Å². The summed E-state index contributed by atoms with van der Waals surface area (Å²) < 4.78 is 5.21. The molecule has 0 amide bonds. The Bertz CT molecular complexity index is 327. The predicted molar refractivity (Wildman–Crippen MR) is 60.5 cm³/mol. The minimum Gasteiger partial charge on any atom is -0.432 e. The Kier molecular flexibility index (Phi) is 3.10. The molecule has 78 valence electrons. The lowest BCUT2D eigenvalue weighted by Gasteiger charge is -2.12. The third kappa shape index (κ3) is 2.70. The standard InChI is InChI=1S/C9H15N3OS/c1-9(2,3)6-5-13-7(11-6)12-8(14)10-4/h5H,1-4H3,(H2,10,11,12,14). The molecule has 0 unspecified atom stereocenters. The third-order valence-corrected chi connectivity index (χ3v) is 2.03. The van der Waals surface area contributed by atoms with Gasteiger partial charge in [0.05, 0.1) is 5.69 Å². The number of rotatable bonds is 1. The fourth-order valence-corrected chi connectivity index (χ4v) is 0.923. The van der Waals surface area contributed by atoms with E-state index in [-0.39, 0.29) is 5.41 Å². The second-order valence-electron chi connectivity index (χ2n) is 3.99. The molecule has 0 aromatic carbocycles. The van der Waals surface area contributed by atoms with E-state index >= 15 is 0 Å². The number of anilines is 1. The van der Waals surface area contributed by atoms with Gasteiger partial charge in [0.2, 0.25) is 0 Å². The van der Waals surface area contributed by atoms with Crippen molar-refractivity contribution in [1.29, 1.82) is 0 Å². The van der Waals surface area contributed by atoms with Gasteiger partial charge in [0.15, 0.2) is 5.11 Å². The highest BCUT2D eigenvalue weighted by Crippen LogP contribution is 2.22. The number of oxazole rings is 1. The number of hydrogen-bond donors (Lipinski definition) is 2. The van der Waals surface area contributed by atoms with Crippen molar-refractivity contribution in [1.82, 2.24) is 10.3 Å². The summed E-state index contributed by atoms with van der Waals surface area (Å²) in [5.41, 5.74) is 0.893. The lowest BCUT2D eigenvalue weighted by atomic mass is 9.93. The minimum absolute atomic E-state index is 0.00923. The van der Waals surface area contributed by atoms with Crippen LogP contribution in [0.3, 0.4) is 0 Å². The van der Waals surface area contributed by atoms with Gasteiger partial charge in [-0.2, -0.15) is 4.98 Å². The van der Waals surface area contributed by atoms with E-state index < -0.39 is 0 Å². The van der Waals surface area contributed by atoms with E-state index in [2.05, 4.69) is 36.4 Å². The maximum atomic E-state index is 5.21. The number of thiocarbonyl (C=S) groups is 1. The summed E-state index contributed by atoms with van der Waals surface area (Å²) in [7, 11) is 1.74. The van der Waals surface area contributed by atoms with Crippen molar-refractivity contribution in [2.24, 2.45) is 0 Å². The van der Waals surface area contributed by atoms with Crippen LogP contribution >= 0.6 is 12.2 Å². The molecule has 5 heteroatoms. The van der Waals surface area contributed by atoms with Gasteiger partial charge < -0.3 is 9.73 Å². The van der Waals surface area contributed by atoms with Gasteiger partial charge in [-0.15, -0.1) is 0 Å². The van der Waals surface area contributed by atoms with Gasteiger partial charge in [-0.25, -0.2) is 0 Å². The fraction of sp³-hybridized carbons (Fsp3) is 0.556. The van der Waals surface area contributed by atoms with Crippen LogP contribution in [0.5, 0.6) is 0 Å². The number of nitrogens with zero attached hydrogens (tertiary/aromatic N) is 1. The van der Waals surface area contributed by atoms with E-state index in [4.69, 9.17) is 16.6 Å². The Morgan fingerprint density at radius 1 is 1.50 bits per heavy atom. The largest absolute Gasteiger partial charge is 0.432 e. The lowest BCUT2D eigenvalue weighted by Crippen LogP contribution is -2.24. The maximum Gasteiger partial charge on any atom is 0.301 e. The first-order chi connectivity index (χ1) is 6.43. The molecule has 1 aromatic heterocycles. The summed E-state index contributed by atoms with van der Waals surface area (Å²) in [6.07, 6.45) is 1.64. The summed E-state index contributed by atoms with van der Waals surface area (Å²) in [6, 6.07) is 0.425. The van der Waals surface area contributed by atoms with Gasteiger partial charge >= 0.3 is 6.01 Å². The molecule has 0 fully saturated rings. The summed E-state index contributed by atoms with van der Waals surface area (Å²) in [5.74, 6) is 0. The van der Waals surface area contributed by atoms with Crippen molar-refractivity contribution in [2.75, 3.05) is 12.4 Å². The zero-order valence-electron chi connectivity index (χ0n) is 8.84. The Labute approximate surface area is 89.1 Å². The highest BCUT2D eigenvalue weighted by atomic mass is 32.1. The van der Waals surface area contributed by atoms with Crippen molar-refractivity contribution in [2.45, 2.75) is 26.2 Å². The predicted octanol–water partition coefficient (Wildman–Crippen LogP) is 1.89. The number of hydrogen-bond acceptors (Lipinski definition) is 3. The topological polar surface area (TPSA) is 50.1 Å². The van der Waals surface area contributed by atoms with E-state index in [0.717, 1.165) is 5.69 Å². The fourth-order valence-electron chi connectivity index (χ4n) is 0.835. The average Bonchev–Trinajstić information content (AvgIpc) is 2.51. The molecule has 1 heterocycles. The Balaban J connectivity index is 2.74. The monoisotopic (exact) mass is 213 g/mol. The van der Waals surface area contributed by atoms with Gasteiger partial charge in [-0.1, -0.05) is 20.8 Å².